The van der Waals surface area contributed by atoms with Crippen LogP contribution in [0.25, 0.3) is 11.5 Å². The molecule has 0 aliphatic carbocycles. The highest BCUT2D eigenvalue weighted by Crippen LogP contribution is 2.33. The number of carbonyl (C=O) groups excluding carboxylic acids is 1. The minimum atomic E-state index is -2.95. The molecule has 0 amide bonds. The van der Waals surface area contributed by atoms with E-state index in [0.717, 1.165) is 0 Å². The fourth-order valence-electron chi connectivity index (χ4n) is 3.01. The lowest BCUT2D eigenvalue weighted by Gasteiger charge is -2.11. The predicted octanol–water partition coefficient (Wildman–Crippen LogP) is 5.56. The molecule has 3 rings (SSSR count). The van der Waals surface area contributed by atoms with E-state index in [1.807, 2.05) is 13.0 Å². The number of oxazole rings is 1. The summed E-state index contributed by atoms with van der Waals surface area (Å²) in [4.78, 5) is 17.0. The largest absolute Gasteiger partial charge is 0.493 e. The number of halogens is 2. The maximum Gasteiger partial charge on any atom is 0.387 e. The summed E-state index contributed by atoms with van der Waals surface area (Å²) >= 11 is 0. The standard InChI is InChI=1S/C23H23F2NO5/c1-3-28-19-8-6-5-7-17(19)18(27)11-10-16-14-30-22(26-16)15-9-12-20(31-23(24)25)21(13-15)29-4-2/h5-9,12-14,23H,3-4,10-11H2,1-2H3. The lowest BCUT2D eigenvalue weighted by molar-refractivity contribution is -0.0514. The quantitative estimate of drug-likeness (QED) is 0.371. The number of hydrogen-bond donors (Lipinski definition) is 0. The summed E-state index contributed by atoms with van der Waals surface area (Å²) in [5.41, 5.74) is 1.68. The Balaban J connectivity index is 1.70. The van der Waals surface area contributed by atoms with Gasteiger partial charge in [-0.15, -0.1) is 0 Å². The maximum atomic E-state index is 12.6. The van der Waals surface area contributed by atoms with Gasteiger partial charge >= 0.3 is 6.61 Å². The molecule has 0 saturated heterocycles. The first-order chi connectivity index (χ1) is 15.0. The Kier molecular flexibility index (Phi) is 7.59. The Morgan fingerprint density at radius 2 is 1.77 bits per heavy atom. The molecule has 1 aromatic heterocycles. The van der Waals surface area contributed by atoms with Crippen LogP contribution in [0.1, 0.15) is 36.3 Å². The van der Waals surface area contributed by atoms with Gasteiger partial charge in [-0.3, -0.25) is 4.79 Å². The summed E-state index contributed by atoms with van der Waals surface area (Å²) in [6, 6.07) is 11.6. The molecule has 0 spiro atoms. The molecule has 2 aromatic carbocycles. The predicted molar refractivity (Wildman–Crippen MR) is 110 cm³/mol. The third-order valence-corrected chi connectivity index (χ3v) is 4.35. The molecule has 0 radical (unpaired) electrons. The highest BCUT2D eigenvalue weighted by Gasteiger charge is 2.16. The van der Waals surface area contributed by atoms with Crippen molar-refractivity contribution >= 4 is 5.78 Å². The van der Waals surface area contributed by atoms with Gasteiger partial charge in [-0.25, -0.2) is 4.98 Å². The molecule has 0 fully saturated rings. The lowest BCUT2D eigenvalue weighted by Crippen LogP contribution is -2.05. The second-order valence-electron chi connectivity index (χ2n) is 6.47. The van der Waals surface area contributed by atoms with E-state index in [1.54, 1.807) is 31.2 Å². The van der Waals surface area contributed by atoms with Crippen molar-refractivity contribution in [3.8, 4) is 28.7 Å². The van der Waals surface area contributed by atoms with Gasteiger partial charge < -0.3 is 18.6 Å². The molecule has 0 bridgehead atoms. The summed E-state index contributed by atoms with van der Waals surface area (Å²) in [7, 11) is 0. The fourth-order valence-corrected chi connectivity index (χ4v) is 3.01. The Bertz CT molecular complexity index is 1020. The Labute approximate surface area is 178 Å². The highest BCUT2D eigenvalue weighted by atomic mass is 19.3. The first-order valence-corrected chi connectivity index (χ1v) is 9.93. The van der Waals surface area contributed by atoms with Crippen molar-refractivity contribution in [2.75, 3.05) is 13.2 Å². The van der Waals surface area contributed by atoms with E-state index in [2.05, 4.69) is 9.72 Å². The van der Waals surface area contributed by atoms with Crippen molar-refractivity contribution in [3.05, 3.63) is 60.0 Å². The number of carbonyl (C=O) groups is 1. The van der Waals surface area contributed by atoms with Crippen LogP contribution in [0, 0.1) is 0 Å². The molecule has 8 heteroatoms. The highest BCUT2D eigenvalue weighted by molar-refractivity contribution is 5.98. The maximum absolute atomic E-state index is 12.6. The summed E-state index contributed by atoms with van der Waals surface area (Å²) in [6.07, 6.45) is 2.09. The van der Waals surface area contributed by atoms with Gasteiger partial charge in [0, 0.05) is 18.4 Å². The monoisotopic (exact) mass is 431 g/mol. The average Bonchev–Trinajstić information content (AvgIpc) is 3.23. The molecule has 0 aliphatic rings. The number of benzene rings is 2. The van der Waals surface area contributed by atoms with Crippen LogP contribution in [0.5, 0.6) is 17.2 Å². The van der Waals surface area contributed by atoms with Gasteiger partial charge in [0.05, 0.1) is 24.5 Å². The molecule has 31 heavy (non-hydrogen) atoms. The van der Waals surface area contributed by atoms with Crippen molar-refractivity contribution in [2.45, 2.75) is 33.3 Å². The second kappa shape index (κ2) is 10.6. The van der Waals surface area contributed by atoms with E-state index in [1.165, 1.54) is 18.4 Å². The summed E-state index contributed by atoms with van der Waals surface area (Å²) < 4.78 is 46.0. The van der Waals surface area contributed by atoms with E-state index in [-0.39, 0.29) is 30.3 Å². The average molecular weight is 431 g/mol. The molecule has 3 aromatic rings. The number of rotatable bonds is 11. The molecule has 1 heterocycles. The summed E-state index contributed by atoms with van der Waals surface area (Å²) in [5.74, 6) is 0.904. The number of Topliss-reactive ketones (excluding diaryl/α,β-unsaturated/α-hetero) is 1. The van der Waals surface area contributed by atoms with Crippen molar-refractivity contribution in [2.24, 2.45) is 0 Å². The van der Waals surface area contributed by atoms with Crippen molar-refractivity contribution in [3.63, 3.8) is 0 Å². The fraction of sp³-hybridized carbons (Fsp3) is 0.304. The Morgan fingerprint density at radius 1 is 1.03 bits per heavy atom. The molecule has 0 atom stereocenters. The van der Waals surface area contributed by atoms with Gasteiger partial charge in [0.15, 0.2) is 17.3 Å². The zero-order valence-corrected chi connectivity index (χ0v) is 17.3. The second-order valence-corrected chi connectivity index (χ2v) is 6.47. The third kappa shape index (κ3) is 5.81. The van der Waals surface area contributed by atoms with Crippen molar-refractivity contribution in [1.29, 1.82) is 0 Å². The SMILES string of the molecule is CCOc1cc(-c2nc(CCC(=O)c3ccccc3OCC)co2)ccc1OC(F)F. The van der Waals surface area contributed by atoms with Gasteiger partial charge in [0.25, 0.3) is 0 Å². The third-order valence-electron chi connectivity index (χ3n) is 4.35. The molecule has 0 saturated carbocycles. The number of para-hydroxylation sites is 1. The number of ether oxygens (including phenoxy) is 3. The molecule has 6 nitrogen and oxygen atoms in total. The minimum Gasteiger partial charge on any atom is -0.493 e. The topological polar surface area (TPSA) is 70.8 Å². The van der Waals surface area contributed by atoms with Crippen LogP contribution < -0.4 is 14.2 Å². The van der Waals surface area contributed by atoms with E-state index in [4.69, 9.17) is 13.9 Å². The van der Waals surface area contributed by atoms with E-state index in [9.17, 15) is 13.6 Å². The molecule has 164 valence electrons. The number of aromatic nitrogens is 1. The number of alkyl halides is 2. The molecular formula is C23H23F2NO5. The molecule has 0 aliphatic heterocycles. The van der Waals surface area contributed by atoms with Crippen LogP contribution >= 0.6 is 0 Å². The smallest absolute Gasteiger partial charge is 0.387 e. The molecular weight excluding hydrogens is 408 g/mol. The zero-order valence-electron chi connectivity index (χ0n) is 17.3. The van der Waals surface area contributed by atoms with Gasteiger partial charge in [-0.05, 0) is 44.2 Å². The van der Waals surface area contributed by atoms with E-state index >= 15 is 0 Å². The number of aryl methyl sites for hydroxylation is 1. The minimum absolute atomic E-state index is 0.0549. The normalized spacial score (nSPS) is 10.9. The summed E-state index contributed by atoms with van der Waals surface area (Å²) in [6.45, 7) is 1.40. The number of ketones is 1. The van der Waals surface area contributed by atoms with Gasteiger partial charge in [0.1, 0.15) is 12.0 Å². The molecule has 0 N–H and O–H groups in total. The number of nitrogens with zero attached hydrogens (tertiary/aromatic N) is 1. The van der Waals surface area contributed by atoms with Crippen LogP contribution in [-0.4, -0.2) is 30.6 Å². The zero-order chi connectivity index (χ0) is 22.2. The first kappa shape index (κ1) is 22.3. The van der Waals surface area contributed by atoms with E-state index in [0.29, 0.717) is 41.5 Å². The van der Waals surface area contributed by atoms with Crippen LogP contribution in [-0.2, 0) is 6.42 Å². The Morgan fingerprint density at radius 3 is 2.52 bits per heavy atom. The van der Waals surface area contributed by atoms with Crippen molar-refractivity contribution < 1.29 is 32.2 Å². The van der Waals surface area contributed by atoms with Gasteiger partial charge in [0.2, 0.25) is 5.89 Å². The van der Waals surface area contributed by atoms with Crippen molar-refractivity contribution in [1.82, 2.24) is 4.98 Å². The lowest BCUT2D eigenvalue weighted by atomic mass is 10.0. The number of hydrogen-bond acceptors (Lipinski definition) is 6. The van der Waals surface area contributed by atoms with Gasteiger partial charge in [-0.2, -0.15) is 8.78 Å². The molecule has 0 unspecified atom stereocenters. The van der Waals surface area contributed by atoms with Crippen LogP contribution in [0.2, 0.25) is 0 Å². The summed E-state index contributed by atoms with van der Waals surface area (Å²) in [5, 5.41) is 0. The van der Waals surface area contributed by atoms with E-state index < -0.39 is 6.61 Å². The first-order valence-electron chi connectivity index (χ1n) is 9.93. The van der Waals surface area contributed by atoms with Gasteiger partial charge in [-0.1, -0.05) is 12.1 Å². The Hall–Kier alpha value is -3.42. The van der Waals surface area contributed by atoms with Crippen LogP contribution in [0.15, 0.2) is 53.1 Å². The van der Waals surface area contributed by atoms with Crippen LogP contribution in [0.4, 0.5) is 8.78 Å². The van der Waals surface area contributed by atoms with Crippen LogP contribution in [0.3, 0.4) is 0 Å².